The molecule has 20 heavy (non-hydrogen) atoms. The Bertz CT molecular complexity index is 418. The normalized spacial score (nSPS) is 17.4. The van der Waals surface area contributed by atoms with Crippen molar-refractivity contribution in [2.75, 3.05) is 31.8 Å². The van der Waals surface area contributed by atoms with E-state index in [4.69, 9.17) is 9.47 Å². The maximum atomic E-state index is 11.8. The van der Waals surface area contributed by atoms with Crippen LogP contribution in [-0.4, -0.2) is 43.3 Å². The van der Waals surface area contributed by atoms with Crippen LogP contribution in [-0.2, 0) is 9.53 Å². The van der Waals surface area contributed by atoms with Gasteiger partial charge in [-0.15, -0.1) is 0 Å². The Labute approximate surface area is 124 Å². The van der Waals surface area contributed by atoms with Crippen LogP contribution in [0.1, 0.15) is 12.8 Å². The van der Waals surface area contributed by atoms with Gasteiger partial charge in [0, 0.05) is 13.7 Å². The summed E-state index contributed by atoms with van der Waals surface area (Å²) >= 11 is 1.94. The van der Waals surface area contributed by atoms with Gasteiger partial charge in [0.25, 0.3) is 5.91 Å². The minimum atomic E-state index is -0.201. The molecule has 0 saturated carbocycles. The first kappa shape index (κ1) is 15.2. The number of carbonyl (C=O) groups excluding carboxylic acids is 1. The largest absolute Gasteiger partial charge is 0.484 e. The number of para-hydroxylation sites is 1. The van der Waals surface area contributed by atoms with Crippen molar-refractivity contribution in [1.82, 2.24) is 5.32 Å². The van der Waals surface area contributed by atoms with E-state index in [-0.39, 0.29) is 18.1 Å². The minimum absolute atomic E-state index is 0.0402. The number of carbonyl (C=O) groups is 1. The summed E-state index contributed by atoms with van der Waals surface area (Å²) in [7, 11) is 1.72. The first-order valence-corrected chi connectivity index (χ1v) is 7.97. The summed E-state index contributed by atoms with van der Waals surface area (Å²) in [6.07, 6.45) is 1.96. The number of ether oxygens (including phenoxy) is 2. The number of amides is 1. The summed E-state index contributed by atoms with van der Waals surface area (Å²) in [4.78, 5) is 11.8. The first-order valence-electron chi connectivity index (χ1n) is 6.82. The standard InChI is InChI=1S/C15H21NO3S/c1-18-15(7-9-20-10-8-15)12-16-14(17)11-19-13-5-3-2-4-6-13/h2-6H,7-12H2,1H3,(H,16,17). The quantitative estimate of drug-likeness (QED) is 0.873. The highest BCUT2D eigenvalue weighted by Crippen LogP contribution is 2.29. The second kappa shape index (κ2) is 7.55. The van der Waals surface area contributed by atoms with E-state index in [0.29, 0.717) is 12.3 Å². The van der Waals surface area contributed by atoms with Crippen LogP contribution in [0, 0.1) is 0 Å². The van der Waals surface area contributed by atoms with Gasteiger partial charge in [-0.05, 0) is 36.5 Å². The zero-order valence-corrected chi connectivity index (χ0v) is 12.6. The van der Waals surface area contributed by atoms with Gasteiger partial charge in [-0.2, -0.15) is 11.8 Å². The second-order valence-corrected chi connectivity index (χ2v) is 6.10. The fourth-order valence-electron chi connectivity index (χ4n) is 2.17. The van der Waals surface area contributed by atoms with Crippen molar-refractivity contribution in [2.45, 2.75) is 18.4 Å². The van der Waals surface area contributed by atoms with Gasteiger partial charge in [-0.3, -0.25) is 4.79 Å². The molecule has 0 aromatic heterocycles. The van der Waals surface area contributed by atoms with Crippen molar-refractivity contribution in [2.24, 2.45) is 0 Å². The highest BCUT2D eigenvalue weighted by molar-refractivity contribution is 7.99. The van der Waals surface area contributed by atoms with E-state index in [1.807, 2.05) is 42.1 Å². The first-order chi connectivity index (χ1) is 9.74. The van der Waals surface area contributed by atoms with Crippen molar-refractivity contribution in [3.8, 4) is 5.75 Å². The van der Waals surface area contributed by atoms with Gasteiger partial charge < -0.3 is 14.8 Å². The fourth-order valence-corrected chi connectivity index (χ4v) is 3.41. The molecule has 1 amide bonds. The van der Waals surface area contributed by atoms with Crippen LogP contribution in [0.15, 0.2) is 30.3 Å². The predicted molar refractivity (Wildman–Crippen MR) is 81.2 cm³/mol. The summed E-state index contributed by atoms with van der Waals surface area (Å²) in [5.74, 6) is 2.77. The molecular weight excluding hydrogens is 274 g/mol. The van der Waals surface area contributed by atoms with Gasteiger partial charge in [0.15, 0.2) is 6.61 Å². The molecule has 1 N–H and O–H groups in total. The van der Waals surface area contributed by atoms with Crippen LogP contribution in [0.4, 0.5) is 0 Å². The molecule has 5 heteroatoms. The van der Waals surface area contributed by atoms with Crippen molar-refractivity contribution in [3.63, 3.8) is 0 Å². The molecule has 1 fully saturated rings. The summed E-state index contributed by atoms with van der Waals surface area (Å²) in [5, 5.41) is 2.92. The average Bonchev–Trinajstić information content (AvgIpc) is 2.53. The zero-order valence-electron chi connectivity index (χ0n) is 11.8. The second-order valence-electron chi connectivity index (χ2n) is 4.88. The highest BCUT2D eigenvalue weighted by Gasteiger charge is 2.32. The number of methoxy groups -OCH3 is 1. The molecule has 1 aliphatic rings. The van der Waals surface area contributed by atoms with Crippen molar-refractivity contribution < 1.29 is 14.3 Å². The van der Waals surface area contributed by atoms with E-state index in [1.54, 1.807) is 7.11 Å². The molecule has 1 aromatic rings. The Morgan fingerprint density at radius 2 is 2.00 bits per heavy atom. The Morgan fingerprint density at radius 1 is 1.30 bits per heavy atom. The Kier molecular flexibility index (Phi) is 5.73. The van der Waals surface area contributed by atoms with Gasteiger partial charge in [0.1, 0.15) is 5.75 Å². The van der Waals surface area contributed by atoms with Crippen LogP contribution in [0.3, 0.4) is 0 Å². The lowest BCUT2D eigenvalue weighted by molar-refractivity contribution is -0.124. The third-order valence-electron chi connectivity index (χ3n) is 3.56. The maximum absolute atomic E-state index is 11.8. The lowest BCUT2D eigenvalue weighted by Gasteiger charge is -2.35. The summed E-state index contributed by atoms with van der Waals surface area (Å²) in [5.41, 5.74) is -0.201. The van der Waals surface area contributed by atoms with Crippen LogP contribution in [0.25, 0.3) is 0 Å². The molecule has 1 aromatic carbocycles. The van der Waals surface area contributed by atoms with Gasteiger partial charge in [-0.1, -0.05) is 18.2 Å². The summed E-state index contributed by atoms with van der Waals surface area (Å²) in [6.45, 7) is 0.597. The third kappa shape index (κ3) is 4.42. The maximum Gasteiger partial charge on any atom is 0.258 e. The lowest BCUT2D eigenvalue weighted by Crippen LogP contribution is -2.47. The number of nitrogens with one attached hydrogen (secondary N) is 1. The Morgan fingerprint density at radius 3 is 2.65 bits per heavy atom. The van der Waals surface area contributed by atoms with Crippen molar-refractivity contribution >= 4 is 17.7 Å². The van der Waals surface area contributed by atoms with E-state index in [9.17, 15) is 4.79 Å². The molecule has 110 valence electrons. The summed E-state index contributed by atoms with van der Waals surface area (Å²) in [6, 6.07) is 9.35. The molecule has 0 bridgehead atoms. The molecule has 2 rings (SSSR count). The van der Waals surface area contributed by atoms with Crippen LogP contribution >= 0.6 is 11.8 Å². The van der Waals surface area contributed by atoms with E-state index < -0.39 is 0 Å². The highest BCUT2D eigenvalue weighted by atomic mass is 32.2. The number of thioether (sulfide) groups is 1. The molecule has 4 nitrogen and oxygen atoms in total. The zero-order chi connectivity index (χ0) is 14.3. The topological polar surface area (TPSA) is 47.6 Å². The van der Waals surface area contributed by atoms with Gasteiger partial charge >= 0.3 is 0 Å². The average molecular weight is 295 g/mol. The molecule has 0 spiro atoms. The fraction of sp³-hybridized carbons (Fsp3) is 0.533. The number of hydrogen-bond acceptors (Lipinski definition) is 4. The third-order valence-corrected chi connectivity index (χ3v) is 4.54. The van der Waals surface area contributed by atoms with Crippen molar-refractivity contribution in [3.05, 3.63) is 30.3 Å². The lowest BCUT2D eigenvalue weighted by atomic mass is 9.96. The number of hydrogen-bond donors (Lipinski definition) is 1. The molecule has 1 saturated heterocycles. The summed E-state index contributed by atoms with van der Waals surface area (Å²) < 4.78 is 11.0. The van der Waals surface area contributed by atoms with E-state index >= 15 is 0 Å². The van der Waals surface area contributed by atoms with E-state index in [2.05, 4.69) is 5.32 Å². The minimum Gasteiger partial charge on any atom is -0.484 e. The van der Waals surface area contributed by atoms with Crippen LogP contribution < -0.4 is 10.1 Å². The van der Waals surface area contributed by atoms with E-state index in [1.165, 1.54) is 0 Å². The Balaban J connectivity index is 1.74. The Hall–Kier alpha value is -1.20. The monoisotopic (exact) mass is 295 g/mol. The molecule has 1 aliphatic heterocycles. The SMILES string of the molecule is COC1(CNC(=O)COc2ccccc2)CCSCC1. The van der Waals surface area contributed by atoms with Gasteiger partial charge in [0.05, 0.1) is 5.60 Å². The molecule has 0 unspecified atom stereocenters. The van der Waals surface area contributed by atoms with Crippen LogP contribution in [0.2, 0.25) is 0 Å². The van der Waals surface area contributed by atoms with Gasteiger partial charge in [-0.25, -0.2) is 0 Å². The van der Waals surface area contributed by atoms with Crippen LogP contribution in [0.5, 0.6) is 5.75 Å². The molecule has 0 atom stereocenters. The number of benzene rings is 1. The predicted octanol–water partition coefficient (Wildman–Crippen LogP) is 2.09. The number of rotatable bonds is 6. The molecule has 0 radical (unpaired) electrons. The van der Waals surface area contributed by atoms with Crippen molar-refractivity contribution in [1.29, 1.82) is 0 Å². The van der Waals surface area contributed by atoms with E-state index in [0.717, 1.165) is 24.3 Å². The smallest absolute Gasteiger partial charge is 0.258 e. The molecular formula is C15H21NO3S. The molecule has 0 aliphatic carbocycles. The molecule has 1 heterocycles. The van der Waals surface area contributed by atoms with Gasteiger partial charge in [0.2, 0.25) is 0 Å².